The number of methoxy groups -OCH3 is 1. The highest BCUT2D eigenvalue weighted by molar-refractivity contribution is 5.56. The van der Waals surface area contributed by atoms with E-state index in [9.17, 15) is 35.0 Å². The third-order valence-corrected chi connectivity index (χ3v) is 6.23. The van der Waals surface area contributed by atoms with Crippen LogP contribution in [0.15, 0.2) is 42.5 Å². The lowest BCUT2D eigenvalue weighted by Crippen LogP contribution is -2.37. The number of phenols is 3. The molecule has 0 aliphatic carbocycles. The Kier molecular flexibility index (Phi) is 5.91. The molecule has 36 heavy (non-hydrogen) atoms. The second kappa shape index (κ2) is 8.94. The number of aliphatic hydroxyl groups excluding tert-OH is 3. The zero-order chi connectivity index (χ0) is 25.7. The fourth-order valence-corrected chi connectivity index (χ4v) is 4.47. The molecule has 2 aliphatic heterocycles. The van der Waals surface area contributed by atoms with Gasteiger partial charge in [-0.3, -0.25) is 0 Å². The van der Waals surface area contributed by atoms with E-state index < -0.39 is 48.7 Å². The first kappa shape index (κ1) is 23.8. The van der Waals surface area contributed by atoms with Gasteiger partial charge in [-0.05, 0) is 24.3 Å². The average Bonchev–Trinajstić information content (AvgIpc) is 2.85. The molecule has 0 radical (unpaired) electrons. The molecular weight excluding hydrogens is 479 g/mol. The van der Waals surface area contributed by atoms with Crippen LogP contribution in [-0.2, 0) is 0 Å². The van der Waals surface area contributed by atoms with Gasteiger partial charge >= 0.3 is 0 Å². The first-order valence-corrected chi connectivity index (χ1v) is 10.9. The molecule has 0 spiro atoms. The largest absolute Gasteiger partial charge is 0.507 e. The van der Waals surface area contributed by atoms with Crippen LogP contribution < -0.4 is 18.9 Å². The van der Waals surface area contributed by atoms with Gasteiger partial charge in [-0.15, -0.1) is 0 Å². The maximum absolute atomic E-state index is 13.8. The number of benzene rings is 3. The van der Waals surface area contributed by atoms with Crippen LogP contribution in [0.2, 0.25) is 0 Å². The third kappa shape index (κ3) is 3.87. The van der Waals surface area contributed by atoms with E-state index in [-0.39, 0.29) is 45.6 Å². The molecule has 2 aliphatic rings. The average molecular weight is 502 g/mol. The van der Waals surface area contributed by atoms with Crippen LogP contribution in [0.4, 0.5) is 4.39 Å². The van der Waals surface area contributed by atoms with Gasteiger partial charge in [-0.1, -0.05) is 6.07 Å². The summed E-state index contributed by atoms with van der Waals surface area (Å²) < 4.78 is 36.5. The molecule has 190 valence electrons. The number of rotatable bonds is 4. The van der Waals surface area contributed by atoms with Crippen LogP contribution in [0.1, 0.15) is 35.0 Å². The van der Waals surface area contributed by atoms with E-state index in [2.05, 4.69) is 0 Å². The summed E-state index contributed by atoms with van der Waals surface area (Å²) >= 11 is 0. The van der Waals surface area contributed by atoms with E-state index >= 15 is 0 Å². The summed E-state index contributed by atoms with van der Waals surface area (Å²) in [5.41, 5.74) is 0.512. The van der Waals surface area contributed by atoms with Crippen molar-refractivity contribution in [2.24, 2.45) is 0 Å². The zero-order valence-corrected chi connectivity index (χ0v) is 18.8. The number of halogens is 1. The lowest BCUT2D eigenvalue weighted by Gasteiger charge is -2.37. The van der Waals surface area contributed by atoms with Crippen molar-refractivity contribution in [3.8, 4) is 40.2 Å². The number of ether oxygens (including phenoxy) is 4. The number of aliphatic hydroxyl groups is 3. The Labute approximate surface area is 203 Å². The Balaban J connectivity index is 1.53. The Morgan fingerprint density at radius 1 is 0.833 bits per heavy atom. The molecule has 3 aromatic carbocycles. The minimum Gasteiger partial charge on any atom is -0.507 e. The monoisotopic (exact) mass is 502 g/mol. The van der Waals surface area contributed by atoms with E-state index in [1.54, 1.807) is 6.07 Å². The van der Waals surface area contributed by atoms with Gasteiger partial charge in [0.1, 0.15) is 29.5 Å². The van der Waals surface area contributed by atoms with Crippen LogP contribution >= 0.6 is 0 Å². The highest BCUT2D eigenvalue weighted by Gasteiger charge is 2.41. The summed E-state index contributed by atoms with van der Waals surface area (Å²) in [4.78, 5) is 0. The summed E-state index contributed by atoms with van der Waals surface area (Å²) in [7, 11) is 1.38. The number of hydrogen-bond donors (Lipinski definition) is 6. The number of aromatic hydroxyl groups is 3. The Bertz CT molecular complexity index is 1310. The summed E-state index contributed by atoms with van der Waals surface area (Å²) in [5.74, 6) is -1.86. The van der Waals surface area contributed by atoms with Crippen molar-refractivity contribution < 1.29 is 54.0 Å². The van der Waals surface area contributed by atoms with Crippen LogP contribution in [0.25, 0.3) is 0 Å². The standard InChI is InChI=1S/C25H23FO10/c1-33-16-5-10(2-3-13(16)28)23-19(9-27)36-25-15(30)4-11(6-18(25)35-23)24-22(32)21(31)20-14(29)7-12(26)8-17(20)34-24/h2-8,19,21-24,27-32H,9H2,1H3. The fraction of sp³-hybridized carbons (Fsp3) is 0.280. The van der Waals surface area contributed by atoms with Crippen LogP contribution in [0, 0.1) is 5.82 Å². The number of phenolic OH excluding ortho intramolecular Hbond substituents is 3. The Morgan fingerprint density at radius 2 is 1.58 bits per heavy atom. The molecule has 3 aromatic rings. The van der Waals surface area contributed by atoms with Crippen LogP contribution in [-0.4, -0.2) is 56.6 Å². The van der Waals surface area contributed by atoms with Crippen molar-refractivity contribution in [1.82, 2.24) is 0 Å². The van der Waals surface area contributed by atoms with E-state index in [0.29, 0.717) is 5.56 Å². The van der Waals surface area contributed by atoms with Gasteiger partial charge in [0.05, 0.1) is 19.3 Å². The van der Waals surface area contributed by atoms with Crippen LogP contribution in [0.3, 0.4) is 0 Å². The second-order valence-corrected chi connectivity index (χ2v) is 8.49. The molecule has 0 aromatic heterocycles. The number of hydrogen-bond acceptors (Lipinski definition) is 10. The lowest BCUT2D eigenvalue weighted by atomic mass is 9.91. The summed E-state index contributed by atoms with van der Waals surface area (Å²) in [6.45, 7) is -0.461. The van der Waals surface area contributed by atoms with Crippen molar-refractivity contribution >= 4 is 0 Å². The van der Waals surface area contributed by atoms with E-state index in [1.165, 1.54) is 31.4 Å². The molecule has 0 saturated heterocycles. The second-order valence-electron chi connectivity index (χ2n) is 8.49. The predicted octanol–water partition coefficient (Wildman–Crippen LogP) is 2.35. The van der Waals surface area contributed by atoms with Gasteiger partial charge in [-0.25, -0.2) is 4.39 Å². The summed E-state index contributed by atoms with van der Waals surface area (Å²) in [6, 6.07) is 8.88. The molecule has 0 amide bonds. The van der Waals surface area contributed by atoms with Gasteiger partial charge in [-0.2, -0.15) is 0 Å². The first-order valence-electron chi connectivity index (χ1n) is 10.9. The molecule has 6 N–H and O–H groups in total. The van der Waals surface area contributed by atoms with E-state index in [0.717, 1.165) is 12.1 Å². The summed E-state index contributed by atoms with van der Waals surface area (Å²) in [6.07, 6.45) is -6.25. The first-order chi connectivity index (χ1) is 17.2. The van der Waals surface area contributed by atoms with Crippen molar-refractivity contribution in [2.75, 3.05) is 13.7 Å². The van der Waals surface area contributed by atoms with Crippen molar-refractivity contribution in [3.05, 3.63) is 65.0 Å². The minimum atomic E-state index is -1.61. The maximum atomic E-state index is 13.8. The molecule has 0 fully saturated rings. The van der Waals surface area contributed by atoms with Crippen molar-refractivity contribution in [1.29, 1.82) is 0 Å². The molecule has 0 saturated carbocycles. The van der Waals surface area contributed by atoms with Gasteiger partial charge in [0.25, 0.3) is 0 Å². The fourth-order valence-electron chi connectivity index (χ4n) is 4.47. The maximum Gasteiger partial charge on any atom is 0.203 e. The molecule has 10 nitrogen and oxygen atoms in total. The highest BCUT2D eigenvalue weighted by atomic mass is 19.1. The lowest BCUT2D eigenvalue weighted by molar-refractivity contribution is -0.0715. The molecule has 5 atom stereocenters. The molecule has 5 rings (SSSR count). The smallest absolute Gasteiger partial charge is 0.203 e. The molecule has 2 heterocycles. The van der Waals surface area contributed by atoms with Crippen molar-refractivity contribution in [3.63, 3.8) is 0 Å². The quantitative estimate of drug-likeness (QED) is 0.313. The summed E-state index contributed by atoms with van der Waals surface area (Å²) in [5, 5.41) is 61.7. The molecule has 0 bridgehead atoms. The van der Waals surface area contributed by atoms with E-state index in [4.69, 9.17) is 18.9 Å². The SMILES string of the molecule is COc1cc(C2Oc3cc(C4Oc5cc(F)cc(O)c5C(O)C4O)cc(O)c3OC2CO)ccc1O. The predicted molar refractivity (Wildman–Crippen MR) is 120 cm³/mol. The van der Waals surface area contributed by atoms with Gasteiger partial charge in [0.15, 0.2) is 41.3 Å². The molecular formula is C25H23FO10. The Hall–Kier alpha value is -3.93. The van der Waals surface area contributed by atoms with Crippen LogP contribution in [0.5, 0.6) is 40.2 Å². The third-order valence-electron chi connectivity index (χ3n) is 6.23. The minimum absolute atomic E-state index is 0.0462. The van der Waals surface area contributed by atoms with Gasteiger partial charge in [0.2, 0.25) is 5.75 Å². The van der Waals surface area contributed by atoms with Gasteiger partial charge < -0.3 is 49.6 Å². The topological polar surface area (TPSA) is 158 Å². The van der Waals surface area contributed by atoms with E-state index in [1.807, 2.05) is 0 Å². The highest BCUT2D eigenvalue weighted by Crippen LogP contribution is 2.50. The number of fused-ring (bicyclic) bond motifs is 2. The van der Waals surface area contributed by atoms with Gasteiger partial charge in [0, 0.05) is 23.3 Å². The molecule has 11 heteroatoms. The normalized spacial score (nSPS) is 24.5. The Morgan fingerprint density at radius 3 is 2.31 bits per heavy atom. The van der Waals surface area contributed by atoms with Crippen molar-refractivity contribution in [2.45, 2.75) is 30.5 Å². The zero-order valence-electron chi connectivity index (χ0n) is 18.8. The molecule has 5 unspecified atom stereocenters.